The number of aromatic nitrogens is 3. The number of benzene rings is 1. The normalized spacial score (nSPS) is 11.5. The molecule has 22 heavy (non-hydrogen) atoms. The maximum atomic E-state index is 6.11. The Balaban J connectivity index is 0.00000242. The first-order valence-corrected chi connectivity index (χ1v) is 7.31. The van der Waals surface area contributed by atoms with Gasteiger partial charge in [0.1, 0.15) is 12.7 Å². The second-order valence-electron chi connectivity index (χ2n) is 6.15. The van der Waals surface area contributed by atoms with Crippen molar-refractivity contribution in [2.75, 3.05) is 20.1 Å². The quantitative estimate of drug-likeness (QED) is 0.875. The van der Waals surface area contributed by atoms with Crippen molar-refractivity contribution >= 4 is 24.0 Å². The van der Waals surface area contributed by atoms with Crippen LogP contribution in [0.5, 0.6) is 0 Å². The minimum absolute atomic E-state index is 0. The van der Waals surface area contributed by atoms with E-state index in [1.807, 2.05) is 18.2 Å². The lowest BCUT2D eigenvalue weighted by molar-refractivity contribution is 0.210. The van der Waals surface area contributed by atoms with E-state index in [-0.39, 0.29) is 17.8 Å². The van der Waals surface area contributed by atoms with Gasteiger partial charge < -0.3 is 10.6 Å². The molecule has 0 radical (unpaired) electrons. The SMILES string of the molecule is CN(Cc1ccc(Cl)cc1-n1cncn1)CC(C)(C)CN.Cl. The maximum Gasteiger partial charge on any atom is 0.138 e. The number of nitrogens with zero attached hydrogens (tertiary/aromatic N) is 4. The van der Waals surface area contributed by atoms with Crippen LogP contribution < -0.4 is 5.73 Å². The molecule has 0 bridgehead atoms. The molecule has 0 unspecified atom stereocenters. The summed E-state index contributed by atoms with van der Waals surface area (Å²) >= 11 is 6.11. The van der Waals surface area contributed by atoms with E-state index in [4.69, 9.17) is 17.3 Å². The van der Waals surface area contributed by atoms with Crippen LogP contribution in [0.4, 0.5) is 0 Å². The van der Waals surface area contributed by atoms with E-state index in [0.717, 1.165) is 24.3 Å². The topological polar surface area (TPSA) is 60.0 Å². The minimum Gasteiger partial charge on any atom is -0.330 e. The van der Waals surface area contributed by atoms with Crippen LogP contribution in [-0.2, 0) is 6.54 Å². The first-order chi connectivity index (χ1) is 9.91. The lowest BCUT2D eigenvalue weighted by atomic mass is 9.93. The molecule has 0 amide bonds. The molecule has 0 aliphatic rings. The predicted octanol–water partition coefficient (Wildman–Crippen LogP) is 2.76. The molecule has 1 heterocycles. The maximum absolute atomic E-state index is 6.11. The third-order valence-corrected chi connectivity index (χ3v) is 3.64. The van der Waals surface area contributed by atoms with Crippen molar-refractivity contribution in [1.82, 2.24) is 19.7 Å². The molecule has 0 atom stereocenters. The van der Waals surface area contributed by atoms with Crippen molar-refractivity contribution in [3.05, 3.63) is 41.4 Å². The largest absolute Gasteiger partial charge is 0.330 e. The molecule has 122 valence electrons. The molecule has 2 rings (SSSR count). The summed E-state index contributed by atoms with van der Waals surface area (Å²) in [4.78, 5) is 6.26. The Labute approximate surface area is 142 Å². The van der Waals surface area contributed by atoms with Crippen LogP contribution in [0.15, 0.2) is 30.9 Å². The van der Waals surface area contributed by atoms with Crippen molar-refractivity contribution in [3.8, 4) is 5.69 Å². The molecule has 0 fully saturated rings. The van der Waals surface area contributed by atoms with Gasteiger partial charge in [0, 0.05) is 18.1 Å². The standard InChI is InChI=1S/C15H22ClN5.ClH/c1-15(2,8-17)9-20(3)7-12-4-5-13(16)6-14(12)21-11-18-10-19-21;/h4-6,10-11H,7-9,17H2,1-3H3;1H. The summed E-state index contributed by atoms with van der Waals surface area (Å²) in [6.45, 7) is 6.72. The highest BCUT2D eigenvalue weighted by molar-refractivity contribution is 6.30. The van der Waals surface area contributed by atoms with Gasteiger partial charge in [0.05, 0.1) is 5.69 Å². The van der Waals surface area contributed by atoms with Crippen molar-refractivity contribution < 1.29 is 0 Å². The molecule has 5 nitrogen and oxygen atoms in total. The number of nitrogens with two attached hydrogens (primary N) is 1. The summed E-state index contributed by atoms with van der Waals surface area (Å²) in [6, 6.07) is 5.85. The van der Waals surface area contributed by atoms with E-state index in [1.165, 1.54) is 6.33 Å². The molecular formula is C15H23Cl2N5. The zero-order valence-electron chi connectivity index (χ0n) is 13.2. The fourth-order valence-electron chi connectivity index (χ4n) is 2.36. The summed E-state index contributed by atoms with van der Waals surface area (Å²) in [5.74, 6) is 0. The van der Waals surface area contributed by atoms with Gasteiger partial charge in [-0.15, -0.1) is 12.4 Å². The third kappa shape index (κ3) is 4.95. The van der Waals surface area contributed by atoms with E-state index >= 15 is 0 Å². The summed E-state index contributed by atoms with van der Waals surface area (Å²) in [5, 5.41) is 4.88. The summed E-state index contributed by atoms with van der Waals surface area (Å²) in [6.07, 6.45) is 3.20. The second kappa shape index (κ2) is 7.92. The molecular weight excluding hydrogens is 321 g/mol. The minimum atomic E-state index is 0. The molecule has 0 saturated heterocycles. The number of rotatable bonds is 6. The molecule has 0 aliphatic heterocycles. The summed E-state index contributed by atoms with van der Waals surface area (Å²) in [5.41, 5.74) is 8.01. The third-order valence-electron chi connectivity index (χ3n) is 3.40. The average molecular weight is 344 g/mol. The molecule has 7 heteroatoms. The fraction of sp³-hybridized carbons (Fsp3) is 0.467. The lowest BCUT2D eigenvalue weighted by Crippen LogP contribution is -2.36. The van der Waals surface area contributed by atoms with Crippen LogP contribution in [0.25, 0.3) is 5.69 Å². The Bertz CT molecular complexity index is 584. The van der Waals surface area contributed by atoms with Gasteiger partial charge in [-0.3, -0.25) is 0 Å². The van der Waals surface area contributed by atoms with E-state index in [1.54, 1.807) is 11.0 Å². The van der Waals surface area contributed by atoms with E-state index in [9.17, 15) is 0 Å². The van der Waals surface area contributed by atoms with Gasteiger partial charge >= 0.3 is 0 Å². The van der Waals surface area contributed by atoms with Crippen molar-refractivity contribution in [2.45, 2.75) is 20.4 Å². The molecule has 1 aromatic heterocycles. The Morgan fingerprint density at radius 1 is 1.36 bits per heavy atom. The van der Waals surface area contributed by atoms with Gasteiger partial charge in [0.25, 0.3) is 0 Å². The van der Waals surface area contributed by atoms with E-state index in [0.29, 0.717) is 11.6 Å². The van der Waals surface area contributed by atoms with Crippen molar-refractivity contribution in [1.29, 1.82) is 0 Å². The predicted molar refractivity (Wildman–Crippen MR) is 92.8 cm³/mol. The Hall–Kier alpha value is -1.14. The number of hydrogen-bond donors (Lipinski definition) is 1. The molecule has 2 aromatic rings. The van der Waals surface area contributed by atoms with Crippen LogP contribution in [-0.4, -0.2) is 39.8 Å². The van der Waals surface area contributed by atoms with Gasteiger partial charge in [0.2, 0.25) is 0 Å². The highest BCUT2D eigenvalue weighted by atomic mass is 35.5. The van der Waals surface area contributed by atoms with Crippen molar-refractivity contribution in [2.24, 2.45) is 11.1 Å². The van der Waals surface area contributed by atoms with Crippen LogP contribution >= 0.6 is 24.0 Å². The fourth-order valence-corrected chi connectivity index (χ4v) is 2.52. The molecule has 0 saturated carbocycles. The number of hydrogen-bond acceptors (Lipinski definition) is 4. The smallest absolute Gasteiger partial charge is 0.138 e. The van der Waals surface area contributed by atoms with Crippen LogP contribution in [0.1, 0.15) is 19.4 Å². The van der Waals surface area contributed by atoms with E-state index < -0.39 is 0 Å². The highest BCUT2D eigenvalue weighted by Crippen LogP contribution is 2.22. The van der Waals surface area contributed by atoms with Gasteiger partial charge in [-0.1, -0.05) is 31.5 Å². The Morgan fingerprint density at radius 3 is 2.68 bits per heavy atom. The second-order valence-corrected chi connectivity index (χ2v) is 6.59. The van der Waals surface area contributed by atoms with Crippen molar-refractivity contribution in [3.63, 3.8) is 0 Å². The molecule has 0 spiro atoms. The highest BCUT2D eigenvalue weighted by Gasteiger charge is 2.19. The Morgan fingerprint density at radius 2 is 2.09 bits per heavy atom. The summed E-state index contributed by atoms with van der Waals surface area (Å²) in [7, 11) is 2.09. The van der Waals surface area contributed by atoms with Gasteiger partial charge in [-0.25, -0.2) is 9.67 Å². The number of halogens is 2. The zero-order valence-corrected chi connectivity index (χ0v) is 14.7. The monoisotopic (exact) mass is 343 g/mol. The van der Waals surface area contributed by atoms with Crippen LogP contribution in [0.3, 0.4) is 0 Å². The molecule has 1 aromatic carbocycles. The van der Waals surface area contributed by atoms with E-state index in [2.05, 4.69) is 35.9 Å². The van der Waals surface area contributed by atoms with Gasteiger partial charge in [-0.05, 0) is 36.7 Å². The van der Waals surface area contributed by atoms with Crippen LogP contribution in [0.2, 0.25) is 5.02 Å². The van der Waals surface area contributed by atoms with Gasteiger partial charge in [-0.2, -0.15) is 5.10 Å². The van der Waals surface area contributed by atoms with Gasteiger partial charge in [0.15, 0.2) is 0 Å². The average Bonchev–Trinajstić information content (AvgIpc) is 2.94. The first kappa shape index (κ1) is 18.9. The Kier molecular flexibility index (Phi) is 6.81. The lowest BCUT2D eigenvalue weighted by Gasteiger charge is -2.29. The summed E-state index contributed by atoms with van der Waals surface area (Å²) < 4.78 is 1.74. The molecule has 0 aliphatic carbocycles. The molecule has 2 N–H and O–H groups in total. The zero-order chi connectivity index (χ0) is 15.5. The first-order valence-electron chi connectivity index (χ1n) is 6.93. The van der Waals surface area contributed by atoms with Crippen LogP contribution in [0, 0.1) is 5.41 Å².